The first-order valence-electron chi connectivity index (χ1n) is 8.01. The molecular formula is C22H24. The molecule has 0 amide bonds. The molecule has 0 unspecified atom stereocenters. The molecule has 0 saturated carbocycles. The molecule has 0 heterocycles. The molecule has 0 fully saturated rings. The Morgan fingerprint density at radius 3 is 2.32 bits per heavy atom. The van der Waals surface area contributed by atoms with E-state index in [1.807, 2.05) is 0 Å². The quantitative estimate of drug-likeness (QED) is 0.511. The van der Waals surface area contributed by atoms with Gasteiger partial charge in [0.1, 0.15) is 0 Å². The van der Waals surface area contributed by atoms with Gasteiger partial charge in [-0.25, -0.2) is 0 Å². The molecule has 112 valence electrons. The highest BCUT2D eigenvalue weighted by molar-refractivity contribution is 5.97. The topological polar surface area (TPSA) is 0 Å². The second-order valence-corrected chi connectivity index (χ2v) is 7.47. The lowest BCUT2D eigenvalue weighted by Crippen LogP contribution is -2.08. The number of fused-ring (bicyclic) bond motifs is 1. The monoisotopic (exact) mass is 288 g/mol. The van der Waals surface area contributed by atoms with Gasteiger partial charge >= 0.3 is 0 Å². The van der Waals surface area contributed by atoms with Crippen molar-refractivity contribution in [3.05, 3.63) is 71.8 Å². The Morgan fingerprint density at radius 1 is 0.818 bits per heavy atom. The average Bonchev–Trinajstić information content (AvgIpc) is 2.44. The molecular weight excluding hydrogens is 264 g/mol. The maximum Gasteiger partial charge on any atom is -0.0105 e. The second kappa shape index (κ2) is 5.61. The third kappa shape index (κ3) is 3.22. The van der Waals surface area contributed by atoms with E-state index in [9.17, 15) is 0 Å². The number of aryl methyl sites for hydroxylation is 1. The molecule has 0 bridgehead atoms. The maximum absolute atomic E-state index is 2.35. The lowest BCUT2D eigenvalue weighted by Gasteiger charge is -2.18. The molecule has 0 nitrogen and oxygen atoms in total. The highest BCUT2D eigenvalue weighted by atomic mass is 14.2. The molecule has 22 heavy (non-hydrogen) atoms. The largest absolute Gasteiger partial charge is 0.0614 e. The normalized spacial score (nSPS) is 11.8. The van der Waals surface area contributed by atoms with Crippen LogP contribution in [-0.2, 0) is 6.42 Å². The summed E-state index contributed by atoms with van der Waals surface area (Å²) >= 11 is 0. The summed E-state index contributed by atoms with van der Waals surface area (Å²) in [5.74, 6) is 0. The van der Waals surface area contributed by atoms with E-state index < -0.39 is 0 Å². The molecule has 0 radical (unpaired) electrons. The van der Waals surface area contributed by atoms with E-state index in [-0.39, 0.29) is 0 Å². The molecule has 0 atom stereocenters. The van der Waals surface area contributed by atoms with Crippen LogP contribution >= 0.6 is 0 Å². The summed E-state index contributed by atoms with van der Waals surface area (Å²) < 4.78 is 0. The van der Waals surface area contributed by atoms with Gasteiger partial charge in [0.2, 0.25) is 0 Å². The van der Waals surface area contributed by atoms with Crippen molar-refractivity contribution in [3.8, 4) is 11.1 Å². The SMILES string of the molecule is Cc1cccc(-c2cccc3cc(CC(C)(C)C)ccc23)c1. The fourth-order valence-corrected chi connectivity index (χ4v) is 3.12. The van der Waals surface area contributed by atoms with Gasteiger partial charge in [0.15, 0.2) is 0 Å². The Labute approximate surface area is 133 Å². The van der Waals surface area contributed by atoms with Crippen molar-refractivity contribution in [1.82, 2.24) is 0 Å². The van der Waals surface area contributed by atoms with Crippen LogP contribution in [0.1, 0.15) is 31.9 Å². The predicted octanol–water partition coefficient (Wildman–Crippen LogP) is 6.40. The van der Waals surface area contributed by atoms with E-state index in [0.29, 0.717) is 5.41 Å². The summed E-state index contributed by atoms with van der Waals surface area (Å²) in [6, 6.07) is 22.3. The van der Waals surface area contributed by atoms with Gasteiger partial charge in [0.05, 0.1) is 0 Å². The lowest BCUT2D eigenvalue weighted by atomic mass is 9.87. The Bertz CT molecular complexity index is 804. The van der Waals surface area contributed by atoms with Crippen molar-refractivity contribution >= 4 is 10.8 Å². The molecule has 0 aliphatic rings. The van der Waals surface area contributed by atoms with Gasteiger partial charge in [-0.1, -0.05) is 87.0 Å². The van der Waals surface area contributed by atoms with Crippen LogP contribution in [0.4, 0.5) is 0 Å². The zero-order valence-electron chi connectivity index (χ0n) is 14.0. The van der Waals surface area contributed by atoms with E-state index in [2.05, 4.69) is 88.4 Å². The fourth-order valence-electron chi connectivity index (χ4n) is 3.12. The highest BCUT2D eigenvalue weighted by Crippen LogP contribution is 2.31. The van der Waals surface area contributed by atoms with E-state index in [0.717, 1.165) is 6.42 Å². The van der Waals surface area contributed by atoms with E-state index >= 15 is 0 Å². The second-order valence-electron chi connectivity index (χ2n) is 7.47. The lowest BCUT2D eigenvalue weighted by molar-refractivity contribution is 0.411. The van der Waals surface area contributed by atoms with Crippen molar-refractivity contribution in [2.45, 2.75) is 34.1 Å². The summed E-state index contributed by atoms with van der Waals surface area (Å²) in [6.45, 7) is 9.02. The van der Waals surface area contributed by atoms with Crippen molar-refractivity contribution in [3.63, 3.8) is 0 Å². The summed E-state index contributed by atoms with van der Waals surface area (Å²) in [7, 11) is 0. The smallest absolute Gasteiger partial charge is 0.0105 e. The van der Waals surface area contributed by atoms with Crippen LogP contribution in [0.3, 0.4) is 0 Å². The number of hydrogen-bond donors (Lipinski definition) is 0. The summed E-state index contributed by atoms with van der Waals surface area (Å²) in [5, 5.41) is 2.67. The van der Waals surface area contributed by atoms with Crippen LogP contribution in [0.2, 0.25) is 0 Å². The highest BCUT2D eigenvalue weighted by Gasteiger charge is 2.12. The molecule has 3 aromatic rings. The molecule has 3 aromatic carbocycles. The molecule has 0 N–H and O–H groups in total. The van der Waals surface area contributed by atoms with Gasteiger partial charge in [0.25, 0.3) is 0 Å². The zero-order valence-corrected chi connectivity index (χ0v) is 14.0. The summed E-state index contributed by atoms with van der Waals surface area (Å²) in [5.41, 5.74) is 5.67. The molecule has 0 spiro atoms. The molecule has 3 rings (SSSR count). The first kappa shape index (κ1) is 14.8. The molecule has 0 aromatic heterocycles. The van der Waals surface area contributed by atoms with Gasteiger partial charge in [-0.05, 0) is 46.2 Å². The van der Waals surface area contributed by atoms with Crippen molar-refractivity contribution in [1.29, 1.82) is 0 Å². The minimum absolute atomic E-state index is 0.321. The zero-order chi connectivity index (χ0) is 15.7. The van der Waals surface area contributed by atoms with Gasteiger partial charge in [-0.15, -0.1) is 0 Å². The van der Waals surface area contributed by atoms with Crippen LogP contribution in [-0.4, -0.2) is 0 Å². The van der Waals surface area contributed by atoms with Crippen molar-refractivity contribution in [2.24, 2.45) is 5.41 Å². The third-order valence-corrected chi connectivity index (χ3v) is 4.01. The minimum atomic E-state index is 0.321. The Balaban J connectivity index is 2.10. The van der Waals surface area contributed by atoms with Crippen LogP contribution in [0, 0.1) is 12.3 Å². The van der Waals surface area contributed by atoms with Crippen LogP contribution in [0.25, 0.3) is 21.9 Å². The van der Waals surface area contributed by atoms with Crippen LogP contribution in [0.15, 0.2) is 60.7 Å². The van der Waals surface area contributed by atoms with Gasteiger partial charge in [0, 0.05) is 0 Å². The van der Waals surface area contributed by atoms with Gasteiger partial charge in [-0.3, -0.25) is 0 Å². The number of rotatable bonds is 2. The van der Waals surface area contributed by atoms with Crippen LogP contribution < -0.4 is 0 Å². The first-order valence-corrected chi connectivity index (χ1v) is 8.01. The maximum atomic E-state index is 2.35. The van der Waals surface area contributed by atoms with E-state index in [1.54, 1.807) is 0 Å². The van der Waals surface area contributed by atoms with Gasteiger partial charge < -0.3 is 0 Å². The summed E-state index contributed by atoms with van der Waals surface area (Å²) in [4.78, 5) is 0. The minimum Gasteiger partial charge on any atom is -0.0614 e. The number of benzene rings is 3. The standard InChI is InChI=1S/C22H24/c1-16-7-5-8-18(13-16)20-10-6-9-19-14-17(11-12-21(19)20)15-22(2,3)4/h5-14H,15H2,1-4H3. The van der Waals surface area contributed by atoms with Gasteiger partial charge in [-0.2, -0.15) is 0 Å². The van der Waals surface area contributed by atoms with E-state index in [4.69, 9.17) is 0 Å². The molecule has 0 aliphatic carbocycles. The summed E-state index contributed by atoms with van der Waals surface area (Å²) in [6.07, 6.45) is 1.11. The Morgan fingerprint density at radius 2 is 1.59 bits per heavy atom. The Hall–Kier alpha value is -2.08. The number of hydrogen-bond acceptors (Lipinski definition) is 0. The Kier molecular flexibility index (Phi) is 3.78. The fraction of sp³-hybridized carbons (Fsp3) is 0.273. The molecule has 0 aliphatic heterocycles. The van der Waals surface area contributed by atoms with Crippen molar-refractivity contribution < 1.29 is 0 Å². The van der Waals surface area contributed by atoms with Crippen LogP contribution in [0.5, 0.6) is 0 Å². The van der Waals surface area contributed by atoms with Crippen molar-refractivity contribution in [2.75, 3.05) is 0 Å². The molecule has 0 heteroatoms. The molecule has 0 saturated heterocycles. The van der Waals surface area contributed by atoms with E-state index in [1.165, 1.54) is 33.0 Å². The first-order chi connectivity index (χ1) is 10.4. The predicted molar refractivity (Wildman–Crippen MR) is 97.3 cm³/mol. The third-order valence-electron chi connectivity index (χ3n) is 4.01. The average molecular weight is 288 g/mol.